The van der Waals surface area contributed by atoms with Crippen LogP contribution in [0.15, 0.2) is 30.3 Å². The molecular weight excluding hydrogens is 412 g/mol. The summed E-state index contributed by atoms with van der Waals surface area (Å²) in [4.78, 5) is 26.1. The lowest BCUT2D eigenvalue weighted by Crippen LogP contribution is -2.58. The van der Waals surface area contributed by atoms with Crippen LogP contribution in [0.25, 0.3) is 10.4 Å². The zero-order chi connectivity index (χ0) is 22.8. The van der Waals surface area contributed by atoms with Crippen LogP contribution in [0.1, 0.15) is 50.9 Å². The second kappa shape index (κ2) is 8.88. The van der Waals surface area contributed by atoms with E-state index < -0.39 is 11.9 Å². The number of hydrogen-bond acceptors (Lipinski definition) is 5. The van der Waals surface area contributed by atoms with Crippen molar-refractivity contribution in [1.29, 1.82) is 0 Å². The summed E-state index contributed by atoms with van der Waals surface area (Å²) in [5.74, 6) is 0.176. The molecule has 1 saturated heterocycles. The zero-order valence-electron chi connectivity index (χ0n) is 18.7. The molecule has 0 saturated carbocycles. The van der Waals surface area contributed by atoms with Crippen molar-refractivity contribution in [2.75, 3.05) is 25.0 Å². The second-order valence-corrected chi connectivity index (χ2v) is 10.2. The molecular formula is C23H32N4O3S. The van der Waals surface area contributed by atoms with Gasteiger partial charge in [0.1, 0.15) is 17.4 Å². The van der Waals surface area contributed by atoms with Gasteiger partial charge in [0.2, 0.25) is 0 Å². The Balaban J connectivity index is 1.63. The van der Waals surface area contributed by atoms with E-state index in [4.69, 9.17) is 16.2 Å². The molecule has 1 aromatic carbocycles. The number of piperidine rings is 1. The third kappa shape index (κ3) is 5.02. The van der Waals surface area contributed by atoms with Gasteiger partial charge in [-0.25, -0.2) is 4.79 Å². The molecule has 3 amide bonds. The number of primary amides is 2. The fourth-order valence-electron chi connectivity index (χ4n) is 4.03. The number of likely N-dealkylation sites (tertiary alicyclic amines) is 1. The Morgan fingerprint density at radius 1 is 1.16 bits per heavy atom. The monoisotopic (exact) mass is 444 g/mol. The summed E-state index contributed by atoms with van der Waals surface area (Å²) >= 11 is 1.25. The predicted molar refractivity (Wildman–Crippen MR) is 126 cm³/mol. The zero-order valence-corrected chi connectivity index (χ0v) is 19.5. The molecule has 31 heavy (non-hydrogen) atoms. The molecule has 0 atom stereocenters. The number of urea groups is 1. The Morgan fingerprint density at radius 3 is 2.45 bits per heavy atom. The van der Waals surface area contributed by atoms with Gasteiger partial charge in [-0.05, 0) is 74.5 Å². The molecule has 3 rings (SSSR count). The van der Waals surface area contributed by atoms with Crippen LogP contribution in [0, 0.1) is 5.41 Å². The van der Waals surface area contributed by atoms with Crippen molar-refractivity contribution in [2.45, 2.75) is 46.1 Å². The van der Waals surface area contributed by atoms with Gasteiger partial charge in [0, 0.05) is 17.0 Å². The summed E-state index contributed by atoms with van der Waals surface area (Å²) < 4.78 is 6.00. The van der Waals surface area contributed by atoms with E-state index in [2.05, 4.69) is 37.9 Å². The minimum atomic E-state index is -0.736. The van der Waals surface area contributed by atoms with Gasteiger partial charge >= 0.3 is 6.03 Å². The number of anilines is 1. The number of hydrogen-bond donors (Lipinski definition) is 3. The van der Waals surface area contributed by atoms with Crippen LogP contribution < -0.4 is 21.5 Å². The molecule has 0 aliphatic carbocycles. The summed E-state index contributed by atoms with van der Waals surface area (Å²) in [6, 6.07) is 8.59. The van der Waals surface area contributed by atoms with Crippen LogP contribution in [0.3, 0.4) is 0 Å². The SMILES string of the molecule is CC1(C)CCCN(CCOc2ccc(-c3cc(C(N)=O)c(NC(N)=O)s3)cc2)C1(C)C. The van der Waals surface area contributed by atoms with Gasteiger partial charge in [0.25, 0.3) is 5.91 Å². The van der Waals surface area contributed by atoms with Crippen molar-refractivity contribution in [3.63, 3.8) is 0 Å². The number of nitrogens with two attached hydrogens (primary N) is 2. The second-order valence-electron chi connectivity index (χ2n) is 9.11. The smallest absolute Gasteiger partial charge is 0.317 e. The minimum Gasteiger partial charge on any atom is -0.492 e. The van der Waals surface area contributed by atoms with E-state index in [-0.39, 0.29) is 16.5 Å². The Bertz CT molecular complexity index is 950. The van der Waals surface area contributed by atoms with Crippen LogP contribution in [-0.4, -0.2) is 42.1 Å². The molecule has 1 aliphatic heterocycles. The Labute approximate surface area is 187 Å². The first-order valence-corrected chi connectivity index (χ1v) is 11.3. The first-order valence-electron chi connectivity index (χ1n) is 10.5. The van der Waals surface area contributed by atoms with E-state index in [9.17, 15) is 9.59 Å². The van der Waals surface area contributed by atoms with Gasteiger partial charge < -0.3 is 16.2 Å². The largest absolute Gasteiger partial charge is 0.492 e. The van der Waals surface area contributed by atoms with E-state index >= 15 is 0 Å². The van der Waals surface area contributed by atoms with Crippen LogP contribution in [-0.2, 0) is 0 Å². The number of carbonyl (C=O) groups is 2. The molecule has 2 aromatic rings. The first kappa shape index (κ1) is 23.1. The highest BCUT2D eigenvalue weighted by Gasteiger charge is 2.43. The van der Waals surface area contributed by atoms with Crippen molar-refractivity contribution < 1.29 is 14.3 Å². The lowest BCUT2D eigenvalue weighted by Gasteiger charge is -2.53. The highest BCUT2D eigenvalue weighted by Crippen LogP contribution is 2.43. The van der Waals surface area contributed by atoms with Crippen molar-refractivity contribution in [2.24, 2.45) is 16.9 Å². The van der Waals surface area contributed by atoms with Gasteiger partial charge in [0.15, 0.2) is 0 Å². The maximum Gasteiger partial charge on any atom is 0.317 e. The summed E-state index contributed by atoms with van der Waals surface area (Å²) in [6.45, 7) is 11.9. The number of thiophene rings is 1. The van der Waals surface area contributed by atoms with Crippen molar-refractivity contribution >= 4 is 28.3 Å². The molecule has 1 fully saturated rings. The van der Waals surface area contributed by atoms with E-state index in [1.807, 2.05) is 24.3 Å². The standard InChI is InChI=1S/C23H32N4O3S/c1-22(2)10-5-11-27(23(22,3)4)12-13-30-16-8-6-15(7-9-16)18-14-17(19(24)28)20(31-18)26-21(25)29/h6-9,14H,5,10-13H2,1-4H3,(H2,24,28)(H3,25,26,29). The number of amides is 3. The number of benzene rings is 1. The molecule has 168 valence electrons. The van der Waals surface area contributed by atoms with Crippen LogP contribution in [0.4, 0.5) is 9.80 Å². The topological polar surface area (TPSA) is 111 Å². The van der Waals surface area contributed by atoms with Gasteiger partial charge in [-0.2, -0.15) is 0 Å². The Morgan fingerprint density at radius 2 is 1.84 bits per heavy atom. The molecule has 2 heterocycles. The van der Waals surface area contributed by atoms with Crippen LogP contribution in [0.2, 0.25) is 0 Å². The molecule has 8 heteroatoms. The number of nitrogens with zero attached hydrogens (tertiary/aromatic N) is 1. The number of nitrogens with one attached hydrogen (secondary N) is 1. The Kier molecular flexibility index (Phi) is 6.62. The van der Waals surface area contributed by atoms with Gasteiger partial charge in [-0.1, -0.05) is 13.8 Å². The lowest BCUT2D eigenvalue weighted by molar-refractivity contribution is -0.0358. The highest BCUT2D eigenvalue weighted by molar-refractivity contribution is 7.20. The van der Waals surface area contributed by atoms with Crippen molar-refractivity contribution in [1.82, 2.24) is 4.90 Å². The summed E-state index contributed by atoms with van der Waals surface area (Å²) in [5, 5.41) is 2.80. The first-order chi connectivity index (χ1) is 14.5. The van der Waals surface area contributed by atoms with E-state index in [1.165, 1.54) is 24.2 Å². The number of rotatable bonds is 7. The van der Waals surface area contributed by atoms with Gasteiger partial charge in [0.05, 0.1) is 5.56 Å². The van der Waals surface area contributed by atoms with Crippen molar-refractivity contribution in [3.05, 3.63) is 35.9 Å². The molecule has 5 N–H and O–H groups in total. The predicted octanol–water partition coefficient (Wildman–Crippen LogP) is 4.28. The normalized spacial score (nSPS) is 17.8. The highest BCUT2D eigenvalue weighted by atomic mass is 32.1. The van der Waals surface area contributed by atoms with E-state index in [0.29, 0.717) is 11.6 Å². The third-order valence-electron chi connectivity index (χ3n) is 6.68. The quantitative estimate of drug-likeness (QED) is 0.592. The summed E-state index contributed by atoms with van der Waals surface area (Å²) in [5.41, 5.74) is 12.1. The third-order valence-corrected chi connectivity index (χ3v) is 7.78. The molecule has 0 unspecified atom stereocenters. The number of ether oxygens (including phenoxy) is 1. The molecule has 0 radical (unpaired) electrons. The van der Waals surface area contributed by atoms with Gasteiger partial charge in [-0.3, -0.25) is 15.0 Å². The lowest BCUT2D eigenvalue weighted by atomic mass is 9.68. The average Bonchev–Trinajstić information content (AvgIpc) is 3.09. The Hall–Kier alpha value is -2.58. The van der Waals surface area contributed by atoms with Crippen LogP contribution >= 0.6 is 11.3 Å². The van der Waals surface area contributed by atoms with E-state index in [1.54, 1.807) is 6.07 Å². The van der Waals surface area contributed by atoms with E-state index in [0.717, 1.165) is 29.3 Å². The molecule has 1 aliphatic rings. The average molecular weight is 445 g/mol. The minimum absolute atomic E-state index is 0.131. The molecule has 1 aromatic heterocycles. The van der Waals surface area contributed by atoms with Crippen LogP contribution in [0.5, 0.6) is 5.75 Å². The fourth-order valence-corrected chi connectivity index (χ4v) is 5.10. The summed E-state index contributed by atoms with van der Waals surface area (Å²) in [7, 11) is 0. The maximum atomic E-state index is 11.6. The molecule has 0 spiro atoms. The van der Waals surface area contributed by atoms with Gasteiger partial charge in [-0.15, -0.1) is 11.3 Å². The van der Waals surface area contributed by atoms with Crippen molar-refractivity contribution in [3.8, 4) is 16.2 Å². The summed E-state index contributed by atoms with van der Waals surface area (Å²) in [6.07, 6.45) is 2.46. The fraction of sp³-hybridized carbons (Fsp3) is 0.478. The maximum absolute atomic E-state index is 11.6. The molecule has 7 nitrogen and oxygen atoms in total. The number of carbonyl (C=O) groups excluding carboxylic acids is 2. The molecule has 0 bridgehead atoms.